The second-order valence-electron chi connectivity index (χ2n) is 7.53. The predicted molar refractivity (Wildman–Crippen MR) is 119 cm³/mol. The molecule has 0 saturated carbocycles. The maximum atomic E-state index is 13.4. The van der Waals surface area contributed by atoms with Crippen LogP contribution in [0.1, 0.15) is 27.9 Å². The molecule has 0 aliphatic carbocycles. The molecule has 2 heterocycles. The third kappa shape index (κ3) is 4.66. The number of fused-ring (bicyclic) bond motifs is 1. The minimum absolute atomic E-state index is 0.0223. The first-order valence-corrected chi connectivity index (χ1v) is 11.0. The van der Waals surface area contributed by atoms with Gasteiger partial charge < -0.3 is 4.74 Å². The molecule has 3 aromatic rings. The van der Waals surface area contributed by atoms with Gasteiger partial charge in [0.1, 0.15) is 0 Å². The first-order chi connectivity index (χ1) is 14.1. The van der Waals surface area contributed by atoms with E-state index in [1.54, 1.807) is 11.3 Å². The van der Waals surface area contributed by atoms with E-state index in [1.165, 1.54) is 5.56 Å². The van der Waals surface area contributed by atoms with Crippen LogP contribution in [0, 0.1) is 13.8 Å². The Morgan fingerprint density at radius 3 is 2.69 bits per heavy atom. The van der Waals surface area contributed by atoms with Crippen LogP contribution in [0.4, 0.5) is 5.13 Å². The largest absolute Gasteiger partial charge is 0.379 e. The Kier molecular flexibility index (Phi) is 6.23. The number of carbonyl (C=O) groups excluding carboxylic acids is 1. The van der Waals surface area contributed by atoms with E-state index in [1.807, 2.05) is 48.2 Å². The first-order valence-electron chi connectivity index (χ1n) is 10.2. The molecule has 5 nitrogen and oxygen atoms in total. The van der Waals surface area contributed by atoms with Crippen LogP contribution in [-0.2, 0) is 4.74 Å². The van der Waals surface area contributed by atoms with Gasteiger partial charge in [0.15, 0.2) is 5.13 Å². The second kappa shape index (κ2) is 9.03. The minimum atomic E-state index is 0.0223. The topological polar surface area (TPSA) is 45.7 Å². The molecule has 4 rings (SSSR count). The lowest BCUT2D eigenvalue weighted by Crippen LogP contribution is -2.39. The van der Waals surface area contributed by atoms with Gasteiger partial charge in [-0.2, -0.15) is 0 Å². The molecule has 0 N–H and O–H groups in total. The van der Waals surface area contributed by atoms with Gasteiger partial charge in [-0.1, -0.05) is 29.5 Å². The molecule has 1 aliphatic heterocycles. The van der Waals surface area contributed by atoms with Gasteiger partial charge in [0.05, 0.1) is 23.4 Å². The standard InChI is InChI=1S/C23H27N3O2S/c1-17-8-9-19(16-18(17)2)22(27)26(11-5-10-25-12-14-28-15-13-25)23-24-20-6-3-4-7-21(20)29-23/h3-4,6-9,16H,5,10-15H2,1-2H3. The third-order valence-corrected chi connectivity index (χ3v) is 6.53. The Morgan fingerprint density at radius 2 is 1.93 bits per heavy atom. The van der Waals surface area contributed by atoms with Crippen LogP contribution >= 0.6 is 11.3 Å². The fourth-order valence-corrected chi connectivity index (χ4v) is 4.56. The molecule has 6 heteroatoms. The van der Waals surface area contributed by atoms with Crippen molar-refractivity contribution in [3.63, 3.8) is 0 Å². The van der Waals surface area contributed by atoms with Crippen LogP contribution in [0.2, 0.25) is 0 Å². The van der Waals surface area contributed by atoms with Crippen molar-refractivity contribution < 1.29 is 9.53 Å². The summed E-state index contributed by atoms with van der Waals surface area (Å²) in [5.74, 6) is 0.0223. The lowest BCUT2D eigenvalue weighted by molar-refractivity contribution is 0.0376. The average molecular weight is 410 g/mol. The van der Waals surface area contributed by atoms with E-state index in [0.29, 0.717) is 6.54 Å². The summed E-state index contributed by atoms with van der Waals surface area (Å²) >= 11 is 1.58. The van der Waals surface area contributed by atoms with Crippen molar-refractivity contribution in [1.82, 2.24) is 9.88 Å². The van der Waals surface area contributed by atoms with Crippen molar-refractivity contribution in [3.05, 3.63) is 59.2 Å². The van der Waals surface area contributed by atoms with Crippen LogP contribution in [0.15, 0.2) is 42.5 Å². The van der Waals surface area contributed by atoms with Crippen LogP contribution in [-0.4, -0.2) is 55.2 Å². The molecule has 0 atom stereocenters. The Balaban J connectivity index is 1.57. The molecule has 1 aliphatic rings. The summed E-state index contributed by atoms with van der Waals surface area (Å²) < 4.78 is 6.54. The molecule has 0 spiro atoms. The van der Waals surface area contributed by atoms with Crippen LogP contribution in [0.3, 0.4) is 0 Å². The lowest BCUT2D eigenvalue weighted by Gasteiger charge is -2.27. The van der Waals surface area contributed by atoms with E-state index in [4.69, 9.17) is 9.72 Å². The van der Waals surface area contributed by atoms with Gasteiger partial charge in [0.25, 0.3) is 5.91 Å². The summed E-state index contributed by atoms with van der Waals surface area (Å²) in [5.41, 5.74) is 3.99. The second-order valence-corrected chi connectivity index (χ2v) is 8.54. The van der Waals surface area contributed by atoms with E-state index in [0.717, 1.165) is 65.7 Å². The molecular formula is C23H27N3O2S. The van der Waals surface area contributed by atoms with Gasteiger partial charge in [0.2, 0.25) is 0 Å². The number of nitrogens with zero attached hydrogens (tertiary/aromatic N) is 3. The number of anilines is 1. The molecule has 1 amide bonds. The van der Waals surface area contributed by atoms with Gasteiger partial charge in [-0.05, 0) is 55.7 Å². The quantitative estimate of drug-likeness (QED) is 0.610. The van der Waals surface area contributed by atoms with Gasteiger partial charge in [-0.15, -0.1) is 0 Å². The molecule has 0 radical (unpaired) electrons. The predicted octanol–water partition coefficient (Wildman–Crippen LogP) is 4.28. The van der Waals surface area contributed by atoms with E-state index in [-0.39, 0.29) is 5.91 Å². The lowest BCUT2D eigenvalue weighted by atomic mass is 10.1. The van der Waals surface area contributed by atoms with Crippen molar-refractivity contribution in [2.75, 3.05) is 44.3 Å². The highest BCUT2D eigenvalue weighted by atomic mass is 32.1. The van der Waals surface area contributed by atoms with Gasteiger partial charge in [-0.3, -0.25) is 14.6 Å². The number of carbonyl (C=O) groups is 1. The van der Waals surface area contributed by atoms with Crippen molar-refractivity contribution in [2.24, 2.45) is 0 Å². The summed E-state index contributed by atoms with van der Waals surface area (Å²) in [6.45, 7) is 9.25. The Bertz CT molecular complexity index is 962. The maximum Gasteiger partial charge on any atom is 0.260 e. The minimum Gasteiger partial charge on any atom is -0.379 e. The number of amides is 1. The number of aromatic nitrogens is 1. The molecule has 2 aromatic carbocycles. The van der Waals surface area contributed by atoms with Crippen LogP contribution in [0.25, 0.3) is 10.2 Å². The number of aryl methyl sites for hydroxylation is 2. The molecule has 0 bridgehead atoms. The fraction of sp³-hybridized carbons (Fsp3) is 0.391. The fourth-order valence-electron chi connectivity index (χ4n) is 3.57. The number of thiazole rings is 1. The SMILES string of the molecule is Cc1ccc(C(=O)N(CCCN2CCOCC2)c2nc3ccccc3s2)cc1C. The molecular weight excluding hydrogens is 382 g/mol. The molecule has 29 heavy (non-hydrogen) atoms. The van der Waals surface area contributed by atoms with Crippen molar-refractivity contribution in [2.45, 2.75) is 20.3 Å². The molecule has 0 unspecified atom stereocenters. The highest BCUT2D eigenvalue weighted by Crippen LogP contribution is 2.30. The highest BCUT2D eigenvalue weighted by Gasteiger charge is 2.22. The summed E-state index contributed by atoms with van der Waals surface area (Å²) in [4.78, 5) is 22.4. The number of rotatable bonds is 6. The Labute approximate surface area is 175 Å². The Hall–Kier alpha value is -2.28. The van der Waals surface area contributed by atoms with E-state index in [2.05, 4.69) is 17.9 Å². The maximum absolute atomic E-state index is 13.4. The monoisotopic (exact) mass is 409 g/mol. The van der Waals surface area contributed by atoms with Crippen LogP contribution < -0.4 is 4.90 Å². The van der Waals surface area contributed by atoms with Gasteiger partial charge in [0, 0.05) is 31.7 Å². The van der Waals surface area contributed by atoms with Crippen molar-refractivity contribution in [3.8, 4) is 0 Å². The zero-order chi connectivity index (χ0) is 20.2. The number of benzene rings is 2. The third-order valence-electron chi connectivity index (χ3n) is 5.47. The highest BCUT2D eigenvalue weighted by molar-refractivity contribution is 7.22. The molecule has 1 aromatic heterocycles. The molecule has 1 saturated heterocycles. The smallest absolute Gasteiger partial charge is 0.260 e. The number of hydrogen-bond acceptors (Lipinski definition) is 5. The zero-order valence-corrected chi connectivity index (χ0v) is 17.9. The first kappa shape index (κ1) is 20.0. The van der Waals surface area contributed by atoms with Gasteiger partial charge >= 0.3 is 0 Å². The average Bonchev–Trinajstić information content (AvgIpc) is 3.17. The number of para-hydroxylation sites is 1. The number of hydrogen-bond donors (Lipinski definition) is 0. The van der Waals surface area contributed by atoms with Gasteiger partial charge in [-0.25, -0.2) is 4.98 Å². The van der Waals surface area contributed by atoms with E-state index < -0.39 is 0 Å². The Morgan fingerprint density at radius 1 is 1.14 bits per heavy atom. The number of ether oxygens (including phenoxy) is 1. The molecule has 1 fully saturated rings. The summed E-state index contributed by atoms with van der Waals surface area (Å²) in [7, 11) is 0. The van der Waals surface area contributed by atoms with Crippen molar-refractivity contribution in [1.29, 1.82) is 0 Å². The molecule has 152 valence electrons. The summed E-state index contributed by atoms with van der Waals surface area (Å²) in [6.07, 6.45) is 0.909. The number of morpholine rings is 1. The van der Waals surface area contributed by atoms with E-state index >= 15 is 0 Å². The van der Waals surface area contributed by atoms with Crippen molar-refractivity contribution >= 4 is 32.6 Å². The van der Waals surface area contributed by atoms with E-state index in [9.17, 15) is 4.79 Å². The normalized spacial score (nSPS) is 15.0. The summed E-state index contributed by atoms with van der Waals surface area (Å²) in [5, 5.41) is 0.774. The zero-order valence-electron chi connectivity index (χ0n) is 17.1. The summed E-state index contributed by atoms with van der Waals surface area (Å²) in [6, 6.07) is 14.0. The van der Waals surface area contributed by atoms with Crippen LogP contribution in [0.5, 0.6) is 0 Å².